The highest BCUT2D eigenvalue weighted by molar-refractivity contribution is 5.79. The normalized spacial score (nSPS) is 18.1. The van der Waals surface area contributed by atoms with Crippen LogP contribution in [0.5, 0.6) is 0 Å². The number of fused-ring (bicyclic) bond motifs is 1. The molecule has 2 aromatic rings. The number of likely N-dealkylation sites (tertiary alicyclic amines) is 1. The summed E-state index contributed by atoms with van der Waals surface area (Å²) in [6.07, 6.45) is 5.84. The second-order valence-corrected chi connectivity index (χ2v) is 7.15. The van der Waals surface area contributed by atoms with Gasteiger partial charge in [0.1, 0.15) is 0 Å². The van der Waals surface area contributed by atoms with Crippen molar-refractivity contribution in [3.8, 4) is 0 Å². The number of carbonyl (C=O) groups excluding carboxylic acids is 1. The zero-order valence-corrected chi connectivity index (χ0v) is 15.6. The third kappa shape index (κ3) is 4.73. The number of hydrogen-bond acceptors (Lipinski definition) is 3. The van der Waals surface area contributed by atoms with Crippen LogP contribution < -0.4 is 10.9 Å². The maximum atomic E-state index is 12.1. The fourth-order valence-electron chi connectivity index (χ4n) is 3.87. The first-order chi connectivity index (χ1) is 12.7. The van der Waals surface area contributed by atoms with E-state index in [1.54, 1.807) is 0 Å². The van der Waals surface area contributed by atoms with E-state index in [0.29, 0.717) is 31.0 Å². The third-order valence-electron chi connectivity index (χ3n) is 5.39. The molecule has 0 aliphatic carbocycles. The van der Waals surface area contributed by atoms with Crippen molar-refractivity contribution in [1.82, 2.24) is 15.2 Å². The third-order valence-corrected chi connectivity index (χ3v) is 5.39. The van der Waals surface area contributed by atoms with Crippen molar-refractivity contribution >= 4 is 16.8 Å². The van der Waals surface area contributed by atoms with Crippen LogP contribution in [0.2, 0.25) is 0 Å². The lowest BCUT2D eigenvalue weighted by Crippen LogP contribution is -2.43. The molecule has 26 heavy (non-hydrogen) atoms. The molecule has 3 rings (SSSR count). The van der Waals surface area contributed by atoms with E-state index >= 15 is 0 Å². The summed E-state index contributed by atoms with van der Waals surface area (Å²) in [6.45, 7) is 4.98. The molecule has 1 saturated heterocycles. The Hall–Kier alpha value is -2.14. The summed E-state index contributed by atoms with van der Waals surface area (Å²) in [7, 11) is 0. The van der Waals surface area contributed by atoms with Crippen LogP contribution in [0.25, 0.3) is 10.9 Å². The van der Waals surface area contributed by atoms with E-state index in [1.807, 2.05) is 30.3 Å². The number of hydrogen-bond donors (Lipinski definition) is 2. The van der Waals surface area contributed by atoms with Gasteiger partial charge in [-0.2, -0.15) is 0 Å². The summed E-state index contributed by atoms with van der Waals surface area (Å²) in [5.41, 5.74) is 1.40. The largest absolute Gasteiger partial charge is 0.355 e. The van der Waals surface area contributed by atoms with Crippen LogP contribution in [0.1, 0.15) is 44.6 Å². The highest BCUT2D eigenvalue weighted by atomic mass is 16.1. The molecule has 1 unspecified atom stereocenters. The Kier molecular flexibility index (Phi) is 6.45. The molecule has 2 heterocycles. The minimum Gasteiger partial charge on any atom is -0.355 e. The predicted molar refractivity (Wildman–Crippen MR) is 105 cm³/mol. The molecule has 1 fully saturated rings. The van der Waals surface area contributed by atoms with Crippen LogP contribution in [0.3, 0.4) is 0 Å². The summed E-state index contributed by atoms with van der Waals surface area (Å²) < 4.78 is 0. The average molecular weight is 355 g/mol. The van der Waals surface area contributed by atoms with Crippen molar-refractivity contribution in [2.75, 3.05) is 19.6 Å². The predicted octanol–water partition coefficient (Wildman–Crippen LogP) is 2.84. The van der Waals surface area contributed by atoms with Crippen LogP contribution in [0.15, 0.2) is 35.1 Å². The number of aromatic nitrogens is 1. The zero-order valence-electron chi connectivity index (χ0n) is 15.6. The summed E-state index contributed by atoms with van der Waals surface area (Å²) in [6, 6.07) is 10.3. The number of amides is 1. The Morgan fingerprint density at radius 3 is 3.00 bits per heavy atom. The minimum atomic E-state index is -0.101. The summed E-state index contributed by atoms with van der Waals surface area (Å²) in [5, 5.41) is 4.01. The summed E-state index contributed by atoms with van der Waals surface area (Å²) >= 11 is 0. The number of nitrogens with zero attached hydrogens (tertiary/aromatic N) is 1. The molecule has 1 aliphatic heterocycles. The van der Waals surface area contributed by atoms with Gasteiger partial charge in [-0.3, -0.25) is 14.5 Å². The molecule has 1 aliphatic rings. The minimum absolute atomic E-state index is 0.0163. The fourth-order valence-corrected chi connectivity index (χ4v) is 3.87. The molecule has 2 N–H and O–H groups in total. The van der Waals surface area contributed by atoms with Crippen molar-refractivity contribution < 1.29 is 4.79 Å². The van der Waals surface area contributed by atoms with Crippen molar-refractivity contribution in [2.24, 2.45) is 0 Å². The van der Waals surface area contributed by atoms with Gasteiger partial charge in [-0.15, -0.1) is 0 Å². The van der Waals surface area contributed by atoms with Crippen molar-refractivity contribution in [2.45, 2.75) is 51.5 Å². The highest BCUT2D eigenvalue weighted by Crippen LogP contribution is 2.18. The summed E-state index contributed by atoms with van der Waals surface area (Å²) in [4.78, 5) is 29.7. The second kappa shape index (κ2) is 8.99. The number of para-hydroxylation sites is 1. The van der Waals surface area contributed by atoms with E-state index in [0.717, 1.165) is 24.0 Å². The van der Waals surface area contributed by atoms with Crippen LogP contribution in [-0.2, 0) is 11.2 Å². The lowest BCUT2D eigenvalue weighted by molar-refractivity contribution is -0.121. The van der Waals surface area contributed by atoms with Crippen molar-refractivity contribution in [1.29, 1.82) is 0 Å². The first-order valence-corrected chi connectivity index (χ1v) is 9.79. The number of nitrogens with one attached hydrogen (secondary N) is 2. The van der Waals surface area contributed by atoms with Gasteiger partial charge in [0.25, 0.3) is 5.56 Å². The molecular weight excluding hydrogens is 326 g/mol. The number of benzene rings is 1. The molecule has 0 radical (unpaired) electrons. The molecule has 5 nitrogen and oxygen atoms in total. The Morgan fingerprint density at radius 1 is 1.31 bits per heavy atom. The number of carbonyl (C=O) groups is 1. The van der Waals surface area contributed by atoms with Gasteiger partial charge in [-0.05, 0) is 49.7 Å². The van der Waals surface area contributed by atoms with Crippen LogP contribution in [0.4, 0.5) is 0 Å². The average Bonchev–Trinajstić information content (AvgIpc) is 2.66. The zero-order chi connectivity index (χ0) is 18.4. The number of piperidine rings is 1. The van der Waals surface area contributed by atoms with Crippen molar-refractivity contribution in [3.05, 3.63) is 46.2 Å². The lowest BCUT2D eigenvalue weighted by atomic mass is 10.0. The Morgan fingerprint density at radius 2 is 2.15 bits per heavy atom. The molecule has 5 heteroatoms. The molecule has 140 valence electrons. The lowest BCUT2D eigenvalue weighted by Gasteiger charge is -2.35. The van der Waals surface area contributed by atoms with E-state index in [4.69, 9.17) is 0 Å². The molecule has 0 saturated carbocycles. The van der Waals surface area contributed by atoms with Crippen molar-refractivity contribution in [3.63, 3.8) is 0 Å². The molecule has 1 aromatic heterocycles. The maximum Gasteiger partial charge on any atom is 0.251 e. The Labute approximate surface area is 154 Å². The number of aromatic amines is 1. The molecule has 1 amide bonds. The Bertz CT molecular complexity index is 799. The van der Waals surface area contributed by atoms with Crippen LogP contribution >= 0.6 is 0 Å². The Balaban J connectivity index is 1.47. The molecule has 1 atom stereocenters. The van der Waals surface area contributed by atoms with E-state index in [9.17, 15) is 9.59 Å². The number of rotatable bonds is 7. The quantitative estimate of drug-likeness (QED) is 0.803. The molecule has 0 bridgehead atoms. The summed E-state index contributed by atoms with van der Waals surface area (Å²) in [5.74, 6) is 0.0163. The monoisotopic (exact) mass is 355 g/mol. The standard InChI is InChI=1S/C21H29N3O2/c1-2-18-8-5-6-13-24(18)14-12-22-20(25)11-10-17-15-16-7-3-4-9-19(16)23-21(17)26/h3-4,7,9,15,18H,2,5-6,8,10-14H2,1H3,(H,22,25)(H,23,26). The SMILES string of the molecule is CCC1CCCCN1CCNC(=O)CCc1cc2ccccc2[nH]c1=O. The first-order valence-electron chi connectivity index (χ1n) is 9.79. The smallest absolute Gasteiger partial charge is 0.251 e. The first kappa shape index (κ1) is 18.6. The molecular formula is C21H29N3O2. The van der Waals surface area contributed by atoms with Gasteiger partial charge in [0.2, 0.25) is 5.91 Å². The van der Waals surface area contributed by atoms with Gasteiger partial charge < -0.3 is 10.3 Å². The van der Waals surface area contributed by atoms with Gasteiger partial charge in [0.15, 0.2) is 0 Å². The number of aryl methyl sites for hydroxylation is 1. The van der Waals surface area contributed by atoms with Gasteiger partial charge in [0.05, 0.1) is 0 Å². The molecule has 0 spiro atoms. The van der Waals surface area contributed by atoms with E-state index in [2.05, 4.69) is 22.1 Å². The van der Waals surface area contributed by atoms with Gasteiger partial charge in [0, 0.05) is 36.6 Å². The maximum absolute atomic E-state index is 12.1. The topological polar surface area (TPSA) is 65.2 Å². The second-order valence-electron chi connectivity index (χ2n) is 7.15. The van der Waals surface area contributed by atoms with E-state index in [1.165, 1.54) is 25.7 Å². The van der Waals surface area contributed by atoms with E-state index in [-0.39, 0.29) is 11.5 Å². The van der Waals surface area contributed by atoms with Gasteiger partial charge >= 0.3 is 0 Å². The van der Waals surface area contributed by atoms with Crippen LogP contribution in [-0.4, -0.2) is 41.5 Å². The van der Waals surface area contributed by atoms with Crippen LogP contribution in [0, 0.1) is 0 Å². The van der Waals surface area contributed by atoms with Gasteiger partial charge in [-0.1, -0.05) is 31.5 Å². The highest BCUT2D eigenvalue weighted by Gasteiger charge is 2.20. The fraction of sp³-hybridized carbons (Fsp3) is 0.524. The number of H-pyrrole nitrogens is 1. The number of pyridine rings is 1. The van der Waals surface area contributed by atoms with E-state index < -0.39 is 0 Å². The van der Waals surface area contributed by atoms with Gasteiger partial charge in [-0.25, -0.2) is 0 Å². The molecule has 1 aromatic carbocycles.